The van der Waals surface area contributed by atoms with Crippen LogP contribution in [0.2, 0.25) is 0 Å². The van der Waals surface area contributed by atoms with Crippen LogP contribution in [0.15, 0.2) is 48.8 Å². The molecule has 5 heteroatoms. The number of esters is 1. The number of hydrogen-bond donors (Lipinski definition) is 2. The standard InChI is InChI=1S/C16H17NO4/c1-11(2)16(20)21-10-13(18)9-17-7-6-14-12(8-17)4-3-5-15(14)19/h3-8,13,18H,1,9-10H2,2H3/p+1. The van der Waals surface area contributed by atoms with Gasteiger partial charge in [-0.25, -0.2) is 9.36 Å². The lowest BCUT2D eigenvalue weighted by Crippen LogP contribution is -2.41. The lowest BCUT2D eigenvalue weighted by Gasteiger charge is -2.09. The smallest absolute Gasteiger partial charge is 0.333 e. The second-order valence-corrected chi connectivity index (χ2v) is 4.95. The summed E-state index contributed by atoms with van der Waals surface area (Å²) >= 11 is 0. The third-order valence-corrected chi connectivity index (χ3v) is 3.03. The molecule has 0 aliphatic rings. The fourth-order valence-corrected chi connectivity index (χ4v) is 1.96. The fraction of sp³-hybridized carbons (Fsp3) is 0.250. The molecule has 0 saturated carbocycles. The summed E-state index contributed by atoms with van der Waals surface area (Å²) in [5.74, 6) is -0.293. The van der Waals surface area contributed by atoms with Crippen molar-refractivity contribution in [1.82, 2.24) is 0 Å². The molecule has 0 aliphatic carbocycles. The van der Waals surface area contributed by atoms with E-state index in [1.165, 1.54) is 0 Å². The predicted molar refractivity (Wildman–Crippen MR) is 77.6 cm³/mol. The van der Waals surface area contributed by atoms with Gasteiger partial charge < -0.3 is 14.9 Å². The molecule has 110 valence electrons. The third kappa shape index (κ3) is 3.79. The van der Waals surface area contributed by atoms with Crippen molar-refractivity contribution >= 4 is 16.7 Å². The number of aromatic hydroxyl groups is 1. The van der Waals surface area contributed by atoms with Crippen LogP contribution in [0.3, 0.4) is 0 Å². The SMILES string of the molecule is C=C(C)C(=O)OCC(O)C[n+]1ccc2c(O)cccc2c1. The molecule has 2 rings (SSSR count). The van der Waals surface area contributed by atoms with Crippen molar-refractivity contribution in [2.45, 2.75) is 19.6 Å². The van der Waals surface area contributed by atoms with Crippen LogP contribution in [0.1, 0.15) is 6.92 Å². The Hall–Kier alpha value is -2.40. The Morgan fingerprint density at radius 2 is 2.19 bits per heavy atom. The quantitative estimate of drug-likeness (QED) is 0.494. The van der Waals surface area contributed by atoms with Gasteiger partial charge in [0.1, 0.15) is 18.5 Å². The number of rotatable bonds is 5. The number of aromatic nitrogens is 1. The summed E-state index contributed by atoms with van der Waals surface area (Å²) in [7, 11) is 0. The first kappa shape index (κ1) is 15.0. The van der Waals surface area contributed by atoms with Gasteiger partial charge in [-0.1, -0.05) is 12.6 Å². The Labute approximate surface area is 122 Å². The van der Waals surface area contributed by atoms with E-state index >= 15 is 0 Å². The Bertz CT molecular complexity index is 681. The summed E-state index contributed by atoms with van der Waals surface area (Å²) < 4.78 is 6.68. The van der Waals surface area contributed by atoms with Gasteiger partial charge in [0, 0.05) is 22.4 Å². The zero-order chi connectivity index (χ0) is 15.4. The summed E-state index contributed by atoms with van der Waals surface area (Å²) in [4.78, 5) is 11.2. The summed E-state index contributed by atoms with van der Waals surface area (Å²) in [5.41, 5.74) is 0.302. The molecular formula is C16H18NO4+. The van der Waals surface area contributed by atoms with Crippen LogP contribution in [0.4, 0.5) is 0 Å². The van der Waals surface area contributed by atoms with Crippen LogP contribution in [0.5, 0.6) is 5.75 Å². The van der Waals surface area contributed by atoms with Crippen LogP contribution >= 0.6 is 0 Å². The van der Waals surface area contributed by atoms with Gasteiger partial charge in [-0.3, -0.25) is 0 Å². The highest BCUT2D eigenvalue weighted by atomic mass is 16.5. The highest BCUT2D eigenvalue weighted by Gasteiger charge is 2.15. The van der Waals surface area contributed by atoms with Gasteiger partial charge in [0.05, 0.1) is 0 Å². The van der Waals surface area contributed by atoms with E-state index in [1.54, 1.807) is 35.9 Å². The summed E-state index contributed by atoms with van der Waals surface area (Å²) in [6.45, 7) is 5.23. The number of phenols is 1. The van der Waals surface area contributed by atoms with Crippen LogP contribution in [-0.2, 0) is 16.1 Å². The van der Waals surface area contributed by atoms with E-state index < -0.39 is 12.1 Å². The topological polar surface area (TPSA) is 70.6 Å². The molecule has 1 unspecified atom stereocenters. The molecule has 2 N–H and O–H groups in total. The van der Waals surface area contributed by atoms with E-state index in [0.29, 0.717) is 5.57 Å². The minimum Gasteiger partial charge on any atom is -0.507 e. The number of hydrogen-bond acceptors (Lipinski definition) is 4. The van der Waals surface area contributed by atoms with Gasteiger partial charge in [0.15, 0.2) is 18.9 Å². The van der Waals surface area contributed by atoms with E-state index in [-0.39, 0.29) is 18.9 Å². The fourth-order valence-electron chi connectivity index (χ4n) is 1.96. The number of nitrogens with zero attached hydrogens (tertiary/aromatic N) is 1. The first-order valence-electron chi connectivity index (χ1n) is 6.59. The van der Waals surface area contributed by atoms with Gasteiger partial charge in [0.2, 0.25) is 0 Å². The lowest BCUT2D eigenvalue weighted by molar-refractivity contribution is -0.702. The molecule has 0 fully saturated rings. The van der Waals surface area contributed by atoms with Gasteiger partial charge >= 0.3 is 5.97 Å². The van der Waals surface area contributed by atoms with Gasteiger partial charge in [0.25, 0.3) is 0 Å². The monoisotopic (exact) mass is 288 g/mol. The number of aliphatic hydroxyl groups excluding tert-OH is 1. The van der Waals surface area contributed by atoms with Crippen molar-refractivity contribution in [3.05, 3.63) is 48.8 Å². The molecule has 1 aromatic carbocycles. The van der Waals surface area contributed by atoms with Crippen molar-refractivity contribution < 1.29 is 24.3 Å². The summed E-state index contributed by atoms with van der Waals surface area (Å²) in [6.07, 6.45) is 2.76. The van der Waals surface area contributed by atoms with Gasteiger partial charge in [-0.2, -0.15) is 0 Å². The maximum absolute atomic E-state index is 11.2. The molecule has 1 heterocycles. The zero-order valence-corrected chi connectivity index (χ0v) is 11.8. The van der Waals surface area contributed by atoms with Crippen molar-refractivity contribution in [3.8, 4) is 5.75 Å². The minimum absolute atomic E-state index is 0.0865. The molecule has 0 amide bonds. The third-order valence-electron chi connectivity index (χ3n) is 3.03. The maximum Gasteiger partial charge on any atom is 0.333 e. The Balaban J connectivity index is 2.02. The largest absolute Gasteiger partial charge is 0.507 e. The average Bonchev–Trinajstić information content (AvgIpc) is 2.44. The van der Waals surface area contributed by atoms with Crippen molar-refractivity contribution in [1.29, 1.82) is 0 Å². The van der Waals surface area contributed by atoms with Crippen molar-refractivity contribution in [2.24, 2.45) is 0 Å². The maximum atomic E-state index is 11.2. The molecule has 2 aromatic rings. The van der Waals surface area contributed by atoms with Crippen LogP contribution in [0.25, 0.3) is 10.8 Å². The molecule has 5 nitrogen and oxygen atoms in total. The second kappa shape index (κ2) is 6.37. The van der Waals surface area contributed by atoms with Crippen LogP contribution in [-0.4, -0.2) is 28.9 Å². The number of carbonyl (C=O) groups is 1. The van der Waals surface area contributed by atoms with E-state index in [4.69, 9.17) is 4.74 Å². The number of aliphatic hydroxyl groups is 1. The number of carbonyl (C=O) groups excluding carboxylic acids is 1. The zero-order valence-electron chi connectivity index (χ0n) is 11.8. The Morgan fingerprint density at radius 3 is 2.90 bits per heavy atom. The van der Waals surface area contributed by atoms with E-state index in [1.807, 2.05) is 12.3 Å². The first-order chi connectivity index (χ1) is 9.97. The number of benzene rings is 1. The van der Waals surface area contributed by atoms with Crippen molar-refractivity contribution in [3.63, 3.8) is 0 Å². The average molecular weight is 288 g/mol. The summed E-state index contributed by atoms with van der Waals surface area (Å²) in [6, 6.07) is 7.03. The molecule has 1 atom stereocenters. The normalized spacial score (nSPS) is 12.1. The number of fused-ring (bicyclic) bond motifs is 1. The number of ether oxygens (including phenoxy) is 1. The molecule has 1 aromatic heterocycles. The second-order valence-electron chi connectivity index (χ2n) is 4.95. The predicted octanol–water partition coefficient (Wildman–Crippen LogP) is 1.31. The summed E-state index contributed by atoms with van der Waals surface area (Å²) in [5, 5.41) is 21.2. The first-order valence-corrected chi connectivity index (χ1v) is 6.59. The molecule has 0 bridgehead atoms. The minimum atomic E-state index is -0.812. The van der Waals surface area contributed by atoms with Gasteiger partial charge in [-0.05, 0) is 19.1 Å². The van der Waals surface area contributed by atoms with Crippen LogP contribution < -0.4 is 4.57 Å². The van der Waals surface area contributed by atoms with E-state index in [9.17, 15) is 15.0 Å². The Kier molecular flexibility index (Phi) is 4.55. The van der Waals surface area contributed by atoms with E-state index in [2.05, 4.69) is 6.58 Å². The molecule has 0 radical (unpaired) electrons. The molecule has 0 spiro atoms. The van der Waals surface area contributed by atoms with Crippen LogP contribution in [0, 0.1) is 0 Å². The molecular weight excluding hydrogens is 270 g/mol. The highest BCUT2D eigenvalue weighted by molar-refractivity contribution is 5.87. The lowest BCUT2D eigenvalue weighted by atomic mass is 10.1. The number of phenolic OH excluding ortho intramolecular Hbond substituents is 1. The van der Waals surface area contributed by atoms with Gasteiger partial charge in [-0.15, -0.1) is 0 Å². The molecule has 21 heavy (non-hydrogen) atoms. The Morgan fingerprint density at radius 1 is 1.43 bits per heavy atom. The molecule has 0 aliphatic heterocycles. The highest BCUT2D eigenvalue weighted by Crippen LogP contribution is 2.21. The van der Waals surface area contributed by atoms with E-state index in [0.717, 1.165) is 10.8 Å². The molecule has 0 saturated heterocycles. The van der Waals surface area contributed by atoms with Crippen molar-refractivity contribution in [2.75, 3.05) is 6.61 Å². The number of pyridine rings is 1.